The summed E-state index contributed by atoms with van der Waals surface area (Å²) in [6.07, 6.45) is 7.66. The first kappa shape index (κ1) is 30.9. The number of nitro groups is 1. The van der Waals surface area contributed by atoms with Gasteiger partial charge in [-0.05, 0) is 93.5 Å². The molecular weight excluding hydrogens is 585 g/mol. The predicted octanol–water partition coefficient (Wildman–Crippen LogP) is 6.86. The molecule has 1 saturated heterocycles. The van der Waals surface area contributed by atoms with E-state index in [1.165, 1.54) is 50.7 Å². The van der Waals surface area contributed by atoms with Gasteiger partial charge in [0.05, 0.1) is 9.82 Å². The smallest absolute Gasteiger partial charge is 0.293 e. The lowest BCUT2D eigenvalue weighted by atomic mass is 9.77. The third-order valence-electron chi connectivity index (χ3n) is 8.50. The molecule has 2 aliphatic rings. The Balaban J connectivity index is 1.23. The van der Waals surface area contributed by atoms with Crippen molar-refractivity contribution in [2.24, 2.45) is 5.41 Å². The van der Waals surface area contributed by atoms with E-state index in [1.807, 2.05) is 56.3 Å². The fraction of sp³-hybridized carbons (Fsp3) is 0.406. The van der Waals surface area contributed by atoms with Gasteiger partial charge >= 0.3 is 0 Å². The quantitative estimate of drug-likeness (QED) is 0.143. The highest BCUT2D eigenvalue weighted by Gasteiger charge is 2.37. The van der Waals surface area contributed by atoms with Gasteiger partial charge in [0.25, 0.3) is 21.6 Å². The number of rotatable bonds is 10. The number of thioether (sulfide) groups is 1. The van der Waals surface area contributed by atoms with E-state index in [0.29, 0.717) is 11.2 Å². The van der Waals surface area contributed by atoms with Crippen LogP contribution in [0.5, 0.6) is 0 Å². The van der Waals surface area contributed by atoms with Crippen LogP contribution in [-0.2, 0) is 10.0 Å². The number of carbonyl (C=O) groups is 1. The van der Waals surface area contributed by atoms with Gasteiger partial charge in [-0.1, -0.05) is 31.0 Å². The zero-order chi connectivity index (χ0) is 30.7. The monoisotopic (exact) mass is 622 g/mol. The molecule has 1 amide bonds. The fourth-order valence-corrected chi connectivity index (χ4v) is 7.99. The van der Waals surface area contributed by atoms with Crippen LogP contribution in [0, 0.1) is 15.5 Å². The molecule has 228 valence electrons. The summed E-state index contributed by atoms with van der Waals surface area (Å²) in [7, 11) is -4.36. The summed E-state index contributed by atoms with van der Waals surface area (Å²) in [6, 6.07) is 20.3. The predicted molar refractivity (Wildman–Crippen MR) is 171 cm³/mol. The summed E-state index contributed by atoms with van der Waals surface area (Å²) in [5, 5.41) is 15.1. The van der Waals surface area contributed by atoms with Gasteiger partial charge in [0.1, 0.15) is 5.69 Å². The average molecular weight is 623 g/mol. The number of hydrogen-bond donors (Lipinski definition) is 2. The van der Waals surface area contributed by atoms with E-state index >= 15 is 0 Å². The molecule has 5 rings (SSSR count). The molecule has 0 atom stereocenters. The lowest BCUT2D eigenvalue weighted by Gasteiger charge is -2.40. The summed E-state index contributed by atoms with van der Waals surface area (Å²) >= 11 is 1.61. The summed E-state index contributed by atoms with van der Waals surface area (Å²) in [5.74, 6) is -0.180. The highest BCUT2D eigenvalue weighted by molar-refractivity contribution is 7.99. The molecule has 3 aromatic rings. The van der Waals surface area contributed by atoms with E-state index in [2.05, 4.69) is 14.9 Å². The average Bonchev–Trinajstić information content (AvgIpc) is 3.44. The molecule has 3 aromatic carbocycles. The van der Waals surface area contributed by atoms with Crippen molar-refractivity contribution in [2.45, 2.75) is 67.7 Å². The molecule has 0 aromatic heterocycles. The number of anilines is 2. The molecule has 11 heteroatoms. The summed E-state index contributed by atoms with van der Waals surface area (Å²) in [6.45, 7) is 5.79. The first-order valence-corrected chi connectivity index (χ1v) is 17.1. The normalized spacial score (nSPS) is 16.7. The van der Waals surface area contributed by atoms with Crippen molar-refractivity contribution in [3.8, 4) is 0 Å². The number of piperidine rings is 1. The van der Waals surface area contributed by atoms with Crippen molar-refractivity contribution >= 4 is 44.8 Å². The maximum atomic E-state index is 13.1. The lowest BCUT2D eigenvalue weighted by Crippen LogP contribution is -2.38. The van der Waals surface area contributed by atoms with Gasteiger partial charge in [0, 0.05) is 46.6 Å². The maximum Gasteiger partial charge on any atom is 0.293 e. The topological polar surface area (TPSA) is 122 Å². The molecule has 1 heterocycles. The van der Waals surface area contributed by atoms with E-state index in [1.54, 1.807) is 23.9 Å². The third-order valence-corrected chi connectivity index (χ3v) is 11.3. The number of nitrogens with one attached hydrogen (secondary N) is 2. The van der Waals surface area contributed by atoms with Crippen LogP contribution in [0.4, 0.5) is 17.1 Å². The molecule has 1 aliphatic carbocycles. The van der Waals surface area contributed by atoms with E-state index in [0.717, 1.165) is 29.7 Å². The van der Waals surface area contributed by atoms with Gasteiger partial charge in [-0.25, -0.2) is 13.1 Å². The summed E-state index contributed by atoms with van der Waals surface area (Å²) in [4.78, 5) is 27.2. The molecule has 0 unspecified atom stereocenters. The zero-order valence-corrected chi connectivity index (χ0v) is 26.2. The second kappa shape index (κ2) is 12.6. The van der Waals surface area contributed by atoms with Crippen molar-refractivity contribution in [1.82, 2.24) is 4.72 Å². The van der Waals surface area contributed by atoms with Crippen LogP contribution >= 0.6 is 11.8 Å². The standard InChI is InChI=1S/C32H38N4O5S2/c1-31(2,23-42-26-8-4-3-5-9-26)33-28-15-14-27(22-29(28)36(38)39)43(40,41)34-30(37)24-10-12-25(13-11-24)35-20-18-32(19-21-35)16-6-7-17-32/h3-5,8-15,22,33H,6-7,16-21,23H2,1-2H3,(H,34,37). The lowest BCUT2D eigenvalue weighted by molar-refractivity contribution is -0.384. The third kappa shape index (κ3) is 7.51. The Hall–Kier alpha value is -3.57. The number of benzene rings is 3. The van der Waals surface area contributed by atoms with Crippen LogP contribution in [0.3, 0.4) is 0 Å². The highest BCUT2D eigenvalue weighted by atomic mass is 32.2. The Morgan fingerprint density at radius 2 is 1.63 bits per heavy atom. The van der Waals surface area contributed by atoms with Crippen LogP contribution in [0.15, 0.2) is 82.6 Å². The molecular formula is C32H38N4O5S2. The number of amides is 1. The Kier molecular flexibility index (Phi) is 9.03. The minimum atomic E-state index is -4.36. The van der Waals surface area contributed by atoms with E-state index in [-0.39, 0.29) is 16.1 Å². The molecule has 2 N–H and O–H groups in total. The molecule has 1 spiro atoms. The van der Waals surface area contributed by atoms with E-state index in [4.69, 9.17) is 0 Å². The van der Waals surface area contributed by atoms with Gasteiger partial charge in [-0.15, -0.1) is 11.8 Å². The zero-order valence-electron chi connectivity index (χ0n) is 24.5. The van der Waals surface area contributed by atoms with Gasteiger partial charge in [0.15, 0.2) is 0 Å². The van der Waals surface area contributed by atoms with Crippen molar-refractivity contribution < 1.29 is 18.1 Å². The van der Waals surface area contributed by atoms with Crippen LogP contribution in [0.25, 0.3) is 0 Å². The first-order valence-electron chi connectivity index (χ1n) is 14.6. The highest BCUT2D eigenvalue weighted by Crippen LogP contribution is 2.46. The van der Waals surface area contributed by atoms with Crippen molar-refractivity contribution in [3.05, 3.63) is 88.5 Å². The molecule has 1 saturated carbocycles. The fourth-order valence-electron chi connectivity index (χ4n) is 6.04. The second-order valence-corrected chi connectivity index (χ2v) is 15.0. The summed E-state index contributed by atoms with van der Waals surface area (Å²) in [5.41, 5.74) is 0.974. The molecule has 43 heavy (non-hydrogen) atoms. The van der Waals surface area contributed by atoms with Gasteiger partial charge in [0.2, 0.25) is 0 Å². The van der Waals surface area contributed by atoms with Crippen LogP contribution in [-0.4, -0.2) is 43.6 Å². The molecule has 2 fully saturated rings. The van der Waals surface area contributed by atoms with E-state index < -0.39 is 32.1 Å². The first-order chi connectivity index (χ1) is 20.5. The second-order valence-electron chi connectivity index (χ2n) is 12.2. The maximum absolute atomic E-state index is 13.1. The Bertz CT molecular complexity index is 1560. The number of sulfonamides is 1. The minimum Gasteiger partial charge on any atom is -0.374 e. The van der Waals surface area contributed by atoms with E-state index in [9.17, 15) is 23.3 Å². The molecule has 0 radical (unpaired) electrons. The Labute approximate surface area is 257 Å². The van der Waals surface area contributed by atoms with Crippen molar-refractivity contribution in [3.63, 3.8) is 0 Å². The van der Waals surface area contributed by atoms with Gasteiger partial charge in [-0.3, -0.25) is 14.9 Å². The van der Waals surface area contributed by atoms with Crippen LogP contribution in [0.1, 0.15) is 62.7 Å². The number of hydrogen-bond acceptors (Lipinski definition) is 8. The van der Waals surface area contributed by atoms with Crippen molar-refractivity contribution in [2.75, 3.05) is 29.1 Å². The minimum absolute atomic E-state index is 0.195. The summed E-state index contributed by atoms with van der Waals surface area (Å²) < 4.78 is 28.3. The van der Waals surface area contributed by atoms with Crippen LogP contribution in [0.2, 0.25) is 0 Å². The van der Waals surface area contributed by atoms with Crippen LogP contribution < -0.4 is 14.9 Å². The largest absolute Gasteiger partial charge is 0.374 e. The van der Waals surface area contributed by atoms with Gasteiger partial charge < -0.3 is 10.2 Å². The van der Waals surface area contributed by atoms with Crippen molar-refractivity contribution in [1.29, 1.82) is 0 Å². The number of nitro benzene ring substituents is 1. The molecule has 9 nitrogen and oxygen atoms in total. The number of carbonyl (C=O) groups excluding carboxylic acids is 1. The molecule has 0 bridgehead atoms. The van der Waals surface area contributed by atoms with Gasteiger partial charge in [-0.2, -0.15) is 0 Å². The Morgan fingerprint density at radius 3 is 2.26 bits per heavy atom. The Morgan fingerprint density at radius 1 is 0.977 bits per heavy atom. The number of nitrogens with zero attached hydrogens (tertiary/aromatic N) is 2. The SMILES string of the molecule is CC(C)(CSc1ccccc1)Nc1ccc(S(=O)(=O)NC(=O)c2ccc(N3CCC4(CCCC4)CC3)cc2)cc1[N+](=O)[O-]. The molecule has 1 aliphatic heterocycles.